The maximum atomic E-state index is 13.3. The molecule has 2 aliphatic rings. The average molecular weight is 559 g/mol. The van der Waals surface area contributed by atoms with E-state index in [0.717, 1.165) is 6.08 Å². The van der Waals surface area contributed by atoms with Crippen LogP contribution in [-0.4, -0.2) is 69.0 Å². The number of ether oxygens (including phenoxy) is 4. The zero-order chi connectivity index (χ0) is 30.1. The van der Waals surface area contributed by atoms with E-state index in [1.165, 1.54) is 40.4 Å². The highest BCUT2D eigenvalue weighted by Gasteiger charge is 2.33. The van der Waals surface area contributed by atoms with Gasteiger partial charge in [-0.1, -0.05) is 38.2 Å². The van der Waals surface area contributed by atoms with Crippen molar-refractivity contribution in [3.63, 3.8) is 0 Å². The second-order valence-electron chi connectivity index (χ2n) is 9.88. The Labute approximate surface area is 234 Å². The van der Waals surface area contributed by atoms with E-state index in [4.69, 9.17) is 24.7 Å². The van der Waals surface area contributed by atoms with Crippen LogP contribution in [0, 0.1) is 11.8 Å². The molecule has 0 spiro atoms. The molecule has 0 fully saturated rings. The third kappa shape index (κ3) is 8.09. The molecule has 0 saturated heterocycles. The maximum absolute atomic E-state index is 13.3. The van der Waals surface area contributed by atoms with Gasteiger partial charge in [0.1, 0.15) is 12.2 Å². The number of amides is 2. The molecule has 11 nitrogen and oxygen atoms in total. The molecule has 0 aromatic heterocycles. The van der Waals surface area contributed by atoms with Crippen LogP contribution >= 0.6 is 0 Å². The number of methoxy groups -OCH3 is 3. The summed E-state index contributed by atoms with van der Waals surface area (Å²) in [6, 6.07) is 0. The summed E-state index contributed by atoms with van der Waals surface area (Å²) >= 11 is 0. The number of nitrogens with one attached hydrogen (secondary N) is 1. The van der Waals surface area contributed by atoms with Crippen molar-refractivity contribution in [2.24, 2.45) is 17.6 Å². The van der Waals surface area contributed by atoms with Crippen LogP contribution in [0.5, 0.6) is 0 Å². The van der Waals surface area contributed by atoms with E-state index >= 15 is 0 Å². The van der Waals surface area contributed by atoms with Crippen LogP contribution in [0.2, 0.25) is 0 Å². The number of hydrogen-bond acceptors (Lipinski definition) is 9. The minimum Gasteiger partial charge on any atom is -0.492 e. The highest BCUT2D eigenvalue weighted by Crippen LogP contribution is 2.28. The number of hydrogen-bond donors (Lipinski definition) is 2. The number of ketones is 3. The number of allylic oxidation sites excluding steroid dienone is 5. The molecule has 3 N–H and O–H groups in total. The summed E-state index contributed by atoms with van der Waals surface area (Å²) in [5, 5.41) is 2.51. The summed E-state index contributed by atoms with van der Waals surface area (Å²) in [5.41, 5.74) is 5.99. The van der Waals surface area contributed by atoms with Gasteiger partial charge in [0.05, 0.1) is 12.8 Å². The molecule has 1 heterocycles. The van der Waals surface area contributed by atoms with Crippen LogP contribution in [0.3, 0.4) is 0 Å². The highest BCUT2D eigenvalue weighted by molar-refractivity contribution is 6.23. The standard InChI is InChI=1S/C29H38N2O9/c1-15-11-19-25(34)20(14-21(32)27(19)39-7)31-28(35)16(2)9-8-10-22(37-5)26(40-29(30)36)18(4)13-17(3)24(33)23(12-15)38-6/h8-10,13-15,17,22-23,26H,11-12H2,1-7H3,(H2,30,36)(H,31,35)/b10-8-,16-9+,18-13+/t15-,17+,22+,23+,26+/m1/s1. The van der Waals surface area contributed by atoms with E-state index in [9.17, 15) is 24.0 Å². The molecule has 1 aliphatic heterocycles. The van der Waals surface area contributed by atoms with E-state index in [0.29, 0.717) is 5.57 Å². The molecule has 1 aliphatic carbocycles. The number of carbonyl (C=O) groups excluding carboxylic acids is 5. The molecule has 2 rings (SSSR count). The fourth-order valence-electron chi connectivity index (χ4n) is 4.62. The van der Waals surface area contributed by atoms with E-state index in [-0.39, 0.29) is 47.1 Å². The fraction of sp³-hybridized carbons (Fsp3) is 0.483. The third-order valence-electron chi connectivity index (χ3n) is 6.74. The number of carbonyl (C=O) groups is 5. The second-order valence-corrected chi connectivity index (χ2v) is 9.88. The predicted octanol–water partition coefficient (Wildman–Crippen LogP) is 2.62. The van der Waals surface area contributed by atoms with Crippen LogP contribution in [0.4, 0.5) is 4.79 Å². The normalized spacial score (nSPS) is 30.9. The van der Waals surface area contributed by atoms with Gasteiger partial charge in [-0.25, -0.2) is 4.79 Å². The molecule has 5 atom stereocenters. The number of primary amides is 1. The van der Waals surface area contributed by atoms with E-state index in [2.05, 4.69) is 5.32 Å². The van der Waals surface area contributed by atoms with Crippen molar-refractivity contribution in [2.45, 2.75) is 58.8 Å². The van der Waals surface area contributed by atoms with Gasteiger partial charge in [0.2, 0.25) is 11.6 Å². The van der Waals surface area contributed by atoms with E-state index in [1.54, 1.807) is 26.0 Å². The van der Waals surface area contributed by atoms with Crippen molar-refractivity contribution in [1.82, 2.24) is 5.32 Å². The Bertz CT molecular complexity index is 1190. The molecular formula is C29H38N2O9. The Hall–Kier alpha value is -3.83. The molecular weight excluding hydrogens is 520 g/mol. The van der Waals surface area contributed by atoms with Crippen molar-refractivity contribution in [1.29, 1.82) is 0 Å². The van der Waals surface area contributed by atoms with Crippen LogP contribution in [-0.2, 0) is 38.1 Å². The lowest BCUT2D eigenvalue weighted by molar-refractivity contribution is -0.132. The Morgan fingerprint density at radius 3 is 2.30 bits per heavy atom. The van der Waals surface area contributed by atoms with Crippen molar-refractivity contribution >= 4 is 29.4 Å². The van der Waals surface area contributed by atoms with Crippen LogP contribution in [0.1, 0.15) is 40.5 Å². The first-order valence-corrected chi connectivity index (χ1v) is 12.8. The van der Waals surface area contributed by atoms with Gasteiger partial charge >= 0.3 is 6.09 Å². The number of rotatable bonds is 4. The maximum Gasteiger partial charge on any atom is 0.405 e. The van der Waals surface area contributed by atoms with Crippen molar-refractivity contribution in [2.75, 3.05) is 21.3 Å². The van der Waals surface area contributed by atoms with Gasteiger partial charge in [0.25, 0.3) is 5.91 Å². The first-order valence-electron chi connectivity index (χ1n) is 12.8. The van der Waals surface area contributed by atoms with Crippen molar-refractivity contribution in [3.8, 4) is 0 Å². The first-order chi connectivity index (χ1) is 18.8. The largest absolute Gasteiger partial charge is 0.492 e. The molecule has 0 aromatic carbocycles. The zero-order valence-corrected chi connectivity index (χ0v) is 23.9. The average Bonchev–Trinajstić information content (AvgIpc) is 2.90. The van der Waals surface area contributed by atoms with Gasteiger partial charge in [0, 0.05) is 37.4 Å². The van der Waals surface area contributed by atoms with Gasteiger partial charge < -0.3 is 30.0 Å². The van der Waals surface area contributed by atoms with Gasteiger partial charge in [-0.05, 0) is 38.2 Å². The molecule has 0 unspecified atom stereocenters. The fourth-order valence-corrected chi connectivity index (χ4v) is 4.62. The number of nitrogens with two attached hydrogens (primary N) is 1. The summed E-state index contributed by atoms with van der Waals surface area (Å²) in [6.07, 6.45) is 3.98. The minimum absolute atomic E-state index is 0.103. The van der Waals surface area contributed by atoms with E-state index < -0.39 is 47.8 Å². The Kier molecular flexibility index (Phi) is 11.8. The van der Waals surface area contributed by atoms with Gasteiger partial charge in [-0.15, -0.1) is 0 Å². The predicted molar refractivity (Wildman–Crippen MR) is 146 cm³/mol. The lowest BCUT2D eigenvalue weighted by Crippen LogP contribution is -2.35. The summed E-state index contributed by atoms with van der Waals surface area (Å²) in [5.74, 6) is -2.95. The Morgan fingerprint density at radius 2 is 1.73 bits per heavy atom. The molecule has 40 heavy (non-hydrogen) atoms. The third-order valence-corrected chi connectivity index (χ3v) is 6.74. The van der Waals surface area contributed by atoms with Crippen LogP contribution in [0.15, 0.2) is 58.6 Å². The number of fused-ring (bicyclic) bond motifs is 2. The molecule has 11 heteroatoms. The minimum atomic E-state index is -1.02. The number of Topliss-reactive ketones (excluding diaryl/α,β-unsaturated/α-hetero) is 2. The molecule has 2 amide bonds. The topological polar surface area (TPSA) is 160 Å². The molecule has 0 saturated carbocycles. The SMILES string of the molecule is COC1=C2C[C@@H](C)C[C@H](OC)C(=O)[C@@H](C)/C=C(\C)[C@H](OC(N)=O)[C@@H](OC)/C=C\C=C(/C)C(=O)NC(=CC1=O)C2=O. The van der Waals surface area contributed by atoms with Gasteiger partial charge in [-0.2, -0.15) is 0 Å². The van der Waals surface area contributed by atoms with Gasteiger partial charge in [-0.3, -0.25) is 19.2 Å². The van der Waals surface area contributed by atoms with E-state index in [1.807, 2.05) is 6.92 Å². The van der Waals surface area contributed by atoms with Crippen molar-refractivity contribution in [3.05, 3.63) is 58.6 Å². The van der Waals surface area contributed by atoms with Crippen LogP contribution in [0.25, 0.3) is 0 Å². The highest BCUT2D eigenvalue weighted by atomic mass is 16.6. The zero-order valence-electron chi connectivity index (χ0n) is 23.9. The van der Waals surface area contributed by atoms with Crippen LogP contribution < -0.4 is 11.1 Å². The summed E-state index contributed by atoms with van der Waals surface area (Å²) in [6.45, 7) is 6.73. The lowest BCUT2D eigenvalue weighted by Gasteiger charge is -2.26. The summed E-state index contributed by atoms with van der Waals surface area (Å²) < 4.78 is 21.6. The van der Waals surface area contributed by atoms with Crippen molar-refractivity contribution < 1.29 is 42.9 Å². The Balaban J connectivity index is 2.61. The second kappa shape index (κ2) is 14.5. The molecule has 0 aromatic rings. The quantitative estimate of drug-likeness (QED) is 0.390. The summed E-state index contributed by atoms with van der Waals surface area (Å²) in [7, 11) is 4.12. The Morgan fingerprint density at radius 1 is 1.05 bits per heavy atom. The molecule has 218 valence electrons. The first kappa shape index (κ1) is 32.4. The lowest BCUT2D eigenvalue weighted by atomic mass is 9.86. The molecule has 2 bridgehead atoms. The molecule has 0 radical (unpaired) electrons. The van der Waals surface area contributed by atoms with Gasteiger partial charge in [0.15, 0.2) is 17.6 Å². The smallest absolute Gasteiger partial charge is 0.405 e. The summed E-state index contributed by atoms with van der Waals surface area (Å²) in [4.78, 5) is 63.9. The monoisotopic (exact) mass is 558 g/mol.